The topological polar surface area (TPSA) is 82.3 Å². The van der Waals surface area contributed by atoms with E-state index >= 15 is 0 Å². The monoisotopic (exact) mass is 383 g/mol. The van der Waals surface area contributed by atoms with Crippen LogP contribution in [0.15, 0.2) is 75.8 Å². The van der Waals surface area contributed by atoms with Gasteiger partial charge in [0.1, 0.15) is 5.75 Å². The van der Waals surface area contributed by atoms with E-state index < -0.39 is 10.0 Å². The molecule has 6 nitrogen and oxygen atoms in total. The van der Waals surface area contributed by atoms with Crippen molar-refractivity contribution in [3.63, 3.8) is 0 Å². The van der Waals surface area contributed by atoms with E-state index in [-0.39, 0.29) is 10.6 Å². The Bertz CT molecular complexity index is 1090. The summed E-state index contributed by atoms with van der Waals surface area (Å²) in [6.07, 6.45) is 0. The van der Waals surface area contributed by atoms with Gasteiger partial charge in [-0.05, 0) is 30.3 Å². The van der Waals surface area contributed by atoms with Crippen LogP contribution in [-0.4, -0.2) is 30.9 Å². The lowest BCUT2D eigenvalue weighted by atomic mass is 10.1. The van der Waals surface area contributed by atoms with Gasteiger partial charge in [0, 0.05) is 23.9 Å². The van der Waals surface area contributed by atoms with Gasteiger partial charge in [0.15, 0.2) is 0 Å². The first-order valence-electron chi connectivity index (χ1n) is 8.70. The van der Waals surface area contributed by atoms with Crippen molar-refractivity contribution >= 4 is 32.2 Å². The second kappa shape index (κ2) is 7.85. The minimum atomic E-state index is -3.55. The van der Waals surface area contributed by atoms with Gasteiger partial charge in [-0.1, -0.05) is 44.2 Å². The highest BCUT2D eigenvalue weighted by Gasteiger charge is 2.21. The summed E-state index contributed by atoms with van der Waals surface area (Å²) in [6.45, 7) is 4.43. The summed E-state index contributed by atoms with van der Waals surface area (Å²) in [6, 6.07) is 17.0. The van der Waals surface area contributed by atoms with Crippen LogP contribution in [0.1, 0.15) is 13.8 Å². The smallest absolute Gasteiger partial charge is 0.243 e. The van der Waals surface area contributed by atoms with Crippen molar-refractivity contribution in [3.8, 4) is 5.75 Å². The molecule has 3 aromatic rings. The van der Waals surface area contributed by atoms with Crippen molar-refractivity contribution in [2.45, 2.75) is 18.7 Å². The zero-order valence-electron chi connectivity index (χ0n) is 15.2. The molecule has 0 saturated carbocycles. The molecule has 0 atom stereocenters. The van der Waals surface area contributed by atoms with Crippen molar-refractivity contribution in [2.75, 3.05) is 13.1 Å². The molecule has 0 amide bonds. The van der Waals surface area contributed by atoms with E-state index in [2.05, 4.69) is 10.2 Å². The van der Waals surface area contributed by atoms with Gasteiger partial charge < -0.3 is 5.11 Å². The molecule has 0 radical (unpaired) electrons. The molecule has 27 heavy (non-hydrogen) atoms. The Morgan fingerprint density at radius 3 is 2.30 bits per heavy atom. The zero-order valence-corrected chi connectivity index (χ0v) is 16.0. The molecular weight excluding hydrogens is 362 g/mol. The van der Waals surface area contributed by atoms with Crippen molar-refractivity contribution in [2.24, 2.45) is 10.2 Å². The molecule has 0 bridgehead atoms. The minimum absolute atomic E-state index is 0.178. The Labute approximate surface area is 158 Å². The maximum absolute atomic E-state index is 12.7. The summed E-state index contributed by atoms with van der Waals surface area (Å²) < 4.78 is 26.7. The second-order valence-electron chi connectivity index (χ2n) is 5.94. The Morgan fingerprint density at radius 2 is 1.59 bits per heavy atom. The quantitative estimate of drug-likeness (QED) is 0.609. The Kier molecular flexibility index (Phi) is 5.53. The molecule has 0 aliphatic heterocycles. The van der Waals surface area contributed by atoms with Crippen LogP contribution >= 0.6 is 0 Å². The normalized spacial score (nSPS) is 12.3. The van der Waals surface area contributed by atoms with Crippen molar-refractivity contribution < 1.29 is 13.5 Å². The van der Waals surface area contributed by atoms with Crippen LogP contribution in [0.2, 0.25) is 0 Å². The Balaban J connectivity index is 1.97. The first-order chi connectivity index (χ1) is 13.0. The van der Waals surface area contributed by atoms with E-state index in [0.29, 0.717) is 29.9 Å². The van der Waals surface area contributed by atoms with E-state index in [1.54, 1.807) is 50.2 Å². The number of sulfonamides is 1. The fourth-order valence-electron chi connectivity index (χ4n) is 2.88. The third-order valence-electron chi connectivity index (χ3n) is 4.31. The van der Waals surface area contributed by atoms with Crippen LogP contribution < -0.4 is 0 Å². The zero-order chi connectivity index (χ0) is 19.4. The summed E-state index contributed by atoms with van der Waals surface area (Å²) in [5, 5.41) is 19.9. The molecule has 0 fully saturated rings. The molecule has 140 valence electrons. The molecule has 3 rings (SSSR count). The molecule has 0 unspecified atom stereocenters. The predicted octanol–water partition coefficient (Wildman–Crippen LogP) is 4.99. The number of hydrogen-bond acceptors (Lipinski definition) is 5. The van der Waals surface area contributed by atoms with Crippen LogP contribution in [0, 0.1) is 0 Å². The number of fused-ring (bicyclic) bond motifs is 1. The molecule has 0 saturated heterocycles. The van der Waals surface area contributed by atoms with Gasteiger partial charge in [-0.2, -0.15) is 9.42 Å². The van der Waals surface area contributed by atoms with Gasteiger partial charge in [-0.25, -0.2) is 8.42 Å². The highest BCUT2D eigenvalue weighted by Crippen LogP contribution is 2.33. The van der Waals surface area contributed by atoms with Crippen molar-refractivity contribution in [1.29, 1.82) is 0 Å². The van der Waals surface area contributed by atoms with Gasteiger partial charge in [0.05, 0.1) is 16.3 Å². The molecule has 0 aliphatic rings. The van der Waals surface area contributed by atoms with Gasteiger partial charge in [-0.3, -0.25) is 0 Å². The Hall–Kier alpha value is -2.77. The number of benzene rings is 3. The predicted molar refractivity (Wildman–Crippen MR) is 106 cm³/mol. The molecular formula is C20H21N3O3S. The van der Waals surface area contributed by atoms with E-state index in [1.165, 1.54) is 10.4 Å². The van der Waals surface area contributed by atoms with E-state index in [0.717, 1.165) is 5.39 Å². The fraction of sp³-hybridized carbons (Fsp3) is 0.200. The highest BCUT2D eigenvalue weighted by atomic mass is 32.2. The lowest BCUT2D eigenvalue weighted by molar-refractivity contribution is 0.445. The van der Waals surface area contributed by atoms with E-state index in [4.69, 9.17) is 0 Å². The molecule has 0 spiro atoms. The number of phenols is 1. The lowest BCUT2D eigenvalue weighted by Gasteiger charge is -2.18. The first-order valence-corrected chi connectivity index (χ1v) is 10.1. The van der Waals surface area contributed by atoms with Crippen molar-refractivity contribution in [1.82, 2.24) is 4.31 Å². The SMILES string of the molecule is CCN(CC)S(=O)(=O)c1cccc(N=Nc2ccc(O)c3ccccc23)c1. The van der Waals surface area contributed by atoms with Gasteiger partial charge >= 0.3 is 0 Å². The molecule has 1 N–H and O–H groups in total. The maximum atomic E-state index is 12.7. The number of azo groups is 1. The first kappa shape index (κ1) is 19.0. The largest absolute Gasteiger partial charge is 0.507 e. The second-order valence-corrected chi connectivity index (χ2v) is 7.87. The van der Waals surface area contributed by atoms with E-state index in [1.807, 2.05) is 18.2 Å². The van der Waals surface area contributed by atoms with Crippen molar-refractivity contribution in [3.05, 3.63) is 60.7 Å². The van der Waals surface area contributed by atoms with Crippen LogP contribution in [-0.2, 0) is 10.0 Å². The van der Waals surface area contributed by atoms with Crippen LogP contribution in [0.3, 0.4) is 0 Å². The number of rotatable bonds is 6. The van der Waals surface area contributed by atoms with Gasteiger partial charge in [0.2, 0.25) is 10.0 Å². The third kappa shape index (κ3) is 3.84. The summed E-state index contributed by atoms with van der Waals surface area (Å²) in [7, 11) is -3.55. The van der Waals surface area contributed by atoms with Crippen LogP contribution in [0.5, 0.6) is 5.75 Å². The highest BCUT2D eigenvalue weighted by molar-refractivity contribution is 7.89. The third-order valence-corrected chi connectivity index (χ3v) is 6.36. The molecule has 0 aromatic heterocycles. The van der Waals surface area contributed by atoms with Crippen LogP contribution in [0.4, 0.5) is 11.4 Å². The van der Waals surface area contributed by atoms with Crippen LogP contribution in [0.25, 0.3) is 10.8 Å². The maximum Gasteiger partial charge on any atom is 0.243 e. The number of nitrogens with zero attached hydrogens (tertiary/aromatic N) is 3. The minimum Gasteiger partial charge on any atom is -0.507 e. The fourth-order valence-corrected chi connectivity index (χ4v) is 4.38. The summed E-state index contributed by atoms with van der Waals surface area (Å²) in [4.78, 5) is 0.193. The molecule has 7 heteroatoms. The number of aromatic hydroxyl groups is 1. The Morgan fingerprint density at radius 1 is 0.889 bits per heavy atom. The molecule has 0 heterocycles. The lowest BCUT2D eigenvalue weighted by Crippen LogP contribution is -2.30. The van der Waals surface area contributed by atoms with Gasteiger partial charge in [0.25, 0.3) is 0 Å². The number of hydrogen-bond donors (Lipinski definition) is 1. The molecule has 3 aromatic carbocycles. The summed E-state index contributed by atoms with van der Waals surface area (Å²) >= 11 is 0. The molecule has 0 aliphatic carbocycles. The average Bonchev–Trinajstić information content (AvgIpc) is 2.69. The standard InChI is InChI=1S/C20H21N3O3S/c1-3-23(4-2)27(25,26)16-9-7-8-15(14-16)21-22-19-12-13-20(24)18-11-6-5-10-17(18)19/h5-14,24H,3-4H2,1-2H3. The average molecular weight is 383 g/mol. The van der Waals surface area contributed by atoms with Gasteiger partial charge in [-0.15, -0.1) is 5.11 Å². The summed E-state index contributed by atoms with van der Waals surface area (Å²) in [5.74, 6) is 0.178. The number of phenolic OH excluding ortho intramolecular Hbond substituents is 1. The van der Waals surface area contributed by atoms with E-state index in [9.17, 15) is 13.5 Å². The summed E-state index contributed by atoms with van der Waals surface area (Å²) in [5.41, 5.74) is 1.04.